The van der Waals surface area contributed by atoms with E-state index in [9.17, 15) is 4.79 Å². The highest BCUT2D eigenvalue weighted by atomic mass is 16.5. The lowest BCUT2D eigenvalue weighted by Gasteiger charge is -2.10. The topological polar surface area (TPSA) is 35.5 Å². The standard InChI is InChI=1S/C18H20O3/c1-14(2)12-20-17-10-6-9-16(11-17)18(19)21-13-15-7-4-3-5-8-15/h3-11,14H,12-13H2,1-2H3. The molecular formula is C18H20O3. The Balaban J connectivity index is 1.94. The molecule has 2 aromatic carbocycles. The number of ether oxygens (including phenoxy) is 2. The molecule has 0 aliphatic heterocycles. The van der Waals surface area contributed by atoms with Crippen LogP contribution < -0.4 is 4.74 Å². The van der Waals surface area contributed by atoms with Gasteiger partial charge in [-0.15, -0.1) is 0 Å². The van der Waals surface area contributed by atoms with Gasteiger partial charge in [-0.3, -0.25) is 0 Å². The first kappa shape index (κ1) is 15.1. The van der Waals surface area contributed by atoms with Crippen LogP contribution in [0.25, 0.3) is 0 Å². The number of benzene rings is 2. The highest BCUT2D eigenvalue weighted by Gasteiger charge is 2.09. The molecule has 3 heteroatoms. The van der Waals surface area contributed by atoms with Crippen LogP contribution in [0.4, 0.5) is 0 Å². The molecule has 0 aromatic heterocycles. The van der Waals surface area contributed by atoms with Gasteiger partial charge < -0.3 is 9.47 Å². The molecule has 0 aliphatic rings. The van der Waals surface area contributed by atoms with Crippen molar-refractivity contribution in [2.45, 2.75) is 20.5 Å². The highest BCUT2D eigenvalue weighted by Crippen LogP contribution is 2.15. The van der Waals surface area contributed by atoms with Crippen LogP contribution in [0, 0.1) is 5.92 Å². The Hall–Kier alpha value is -2.29. The summed E-state index contributed by atoms with van der Waals surface area (Å²) >= 11 is 0. The van der Waals surface area contributed by atoms with Crippen LogP contribution >= 0.6 is 0 Å². The fraction of sp³-hybridized carbons (Fsp3) is 0.278. The fourth-order valence-electron chi connectivity index (χ4n) is 1.78. The molecule has 0 bridgehead atoms. The summed E-state index contributed by atoms with van der Waals surface area (Å²) < 4.78 is 10.9. The van der Waals surface area contributed by atoms with E-state index in [0.29, 0.717) is 23.8 Å². The minimum atomic E-state index is -0.339. The summed E-state index contributed by atoms with van der Waals surface area (Å²) in [7, 11) is 0. The van der Waals surface area contributed by atoms with E-state index in [-0.39, 0.29) is 12.6 Å². The molecule has 110 valence electrons. The Morgan fingerprint density at radius 2 is 1.81 bits per heavy atom. The first-order valence-corrected chi connectivity index (χ1v) is 7.09. The van der Waals surface area contributed by atoms with Gasteiger partial charge in [-0.1, -0.05) is 50.2 Å². The van der Waals surface area contributed by atoms with E-state index < -0.39 is 0 Å². The largest absolute Gasteiger partial charge is 0.493 e. The van der Waals surface area contributed by atoms with Crippen molar-refractivity contribution in [3.8, 4) is 5.75 Å². The number of carbonyl (C=O) groups is 1. The molecule has 0 spiro atoms. The zero-order chi connectivity index (χ0) is 15.1. The van der Waals surface area contributed by atoms with Crippen molar-refractivity contribution in [2.24, 2.45) is 5.92 Å². The zero-order valence-corrected chi connectivity index (χ0v) is 12.4. The van der Waals surface area contributed by atoms with E-state index in [1.165, 1.54) is 0 Å². The van der Waals surface area contributed by atoms with Gasteiger partial charge in [-0.2, -0.15) is 0 Å². The van der Waals surface area contributed by atoms with Crippen LogP contribution in [0.15, 0.2) is 54.6 Å². The lowest BCUT2D eigenvalue weighted by molar-refractivity contribution is 0.0472. The maximum atomic E-state index is 12.0. The average Bonchev–Trinajstić information content (AvgIpc) is 2.52. The van der Waals surface area contributed by atoms with Crippen molar-refractivity contribution in [2.75, 3.05) is 6.61 Å². The summed E-state index contributed by atoms with van der Waals surface area (Å²) in [5.41, 5.74) is 1.48. The smallest absolute Gasteiger partial charge is 0.338 e. The first-order valence-electron chi connectivity index (χ1n) is 7.09. The van der Waals surface area contributed by atoms with E-state index >= 15 is 0 Å². The number of esters is 1. The second-order valence-electron chi connectivity index (χ2n) is 5.29. The van der Waals surface area contributed by atoms with Crippen molar-refractivity contribution >= 4 is 5.97 Å². The number of rotatable bonds is 6. The quantitative estimate of drug-likeness (QED) is 0.750. The molecule has 0 N–H and O–H groups in total. The van der Waals surface area contributed by atoms with Crippen LogP contribution in [0.5, 0.6) is 5.75 Å². The van der Waals surface area contributed by atoms with Crippen molar-refractivity contribution < 1.29 is 14.3 Å². The lowest BCUT2D eigenvalue weighted by atomic mass is 10.2. The van der Waals surface area contributed by atoms with E-state index in [4.69, 9.17) is 9.47 Å². The molecule has 0 radical (unpaired) electrons. The minimum Gasteiger partial charge on any atom is -0.493 e. The maximum Gasteiger partial charge on any atom is 0.338 e. The predicted molar refractivity (Wildman–Crippen MR) is 82.3 cm³/mol. The molecule has 2 rings (SSSR count). The lowest BCUT2D eigenvalue weighted by Crippen LogP contribution is -2.07. The summed E-state index contributed by atoms with van der Waals surface area (Å²) in [6.45, 7) is 5.06. The van der Waals surface area contributed by atoms with Gasteiger partial charge in [-0.05, 0) is 29.7 Å². The Morgan fingerprint density at radius 3 is 2.52 bits per heavy atom. The van der Waals surface area contributed by atoms with E-state index in [0.717, 1.165) is 5.56 Å². The maximum absolute atomic E-state index is 12.0. The Bertz CT molecular complexity index is 576. The average molecular weight is 284 g/mol. The molecule has 0 unspecified atom stereocenters. The third-order valence-corrected chi connectivity index (χ3v) is 2.87. The summed E-state index contributed by atoms with van der Waals surface area (Å²) in [4.78, 5) is 12.0. The van der Waals surface area contributed by atoms with E-state index in [1.54, 1.807) is 18.2 Å². The molecule has 21 heavy (non-hydrogen) atoms. The third kappa shape index (κ3) is 4.95. The van der Waals surface area contributed by atoms with Gasteiger partial charge in [0.15, 0.2) is 0 Å². The Morgan fingerprint density at radius 1 is 1.05 bits per heavy atom. The van der Waals surface area contributed by atoms with Crippen LogP contribution in [0.3, 0.4) is 0 Å². The van der Waals surface area contributed by atoms with Crippen molar-refractivity contribution in [1.29, 1.82) is 0 Å². The van der Waals surface area contributed by atoms with Gasteiger partial charge in [0, 0.05) is 0 Å². The summed E-state index contributed by atoms with van der Waals surface area (Å²) in [6.07, 6.45) is 0. The van der Waals surface area contributed by atoms with Gasteiger partial charge >= 0.3 is 5.97 Å². The zero-order valence-electron chi connectivity index (χ0n) is 12.4. The second-order valence-corrected chi connectivity index (χ2v) is 5.29. The van der Waals surface area contributed by atoms with Gasteiger partial charge in [-0.25, -0.2) is 4.79 Å². The molecule has 0 fully saturated rings. The molecule has 3 nitrogen and oxygen atoms in total. The van der Waals surface area contributed by atoms with Gasteiger partial charge in [0.25, 0.3) is 0 Å². The van der Waals surface area contributed by atoms with Crippen molar-refractivity contribution in [3.05, 3.63) is 65.7 Å². The Labute approximate surface area is 125 Å². The summed E-state index contributed by atoms with van der Waals surface area (Å²) in [5.74, 6) is 0.797. The van der Waals surface area contributed by atoms with Gasteiger partial charge in [0.1, 0.15) is 12.4 Å². The van der Waals surface area contributed by atoms with Crippen LogP contribution in [-0.4, -0.2) is 12.6 Å². The van der Waals surface area contributed by atoms with Crippen LogP contribution in [-0.2, 0) is 11.3 Å². The minimum absolute atomic E-state index is 0.275. The molecule has 0 aliphatic carbocycles. The normalized spacial score (nSPS) is 10.4. The fourth-order valence-corrected chi connectivity index (χ4v) is 1.78. The van der Waals surface area contributed by atoms with E-state index in [2.05, 4.69) is 13.8 Å². The van der Waals surface area contributed by atoms with Crippen molar-refractivity contribution in [1.82, 2.24) is 0 Å². The molecule has 0 saturated heterocycles. The third-order valence-electron chi connectivity index (χ3n) is 2.87. The number of hydrogen-bond acceptors (Lipinski definition) is 3. The predicted octanol–water partition coefficient (Wildman–Crippen LogP) is 4.08. The number of hydrogen-bond donors (Lipinski definition) is 0. The molecule has 0 saturated carbocycles. The molecule has 0 amide bonds. The van der Waals surface area contributed by atoms with Gasteiger partial charge in [0.2, 0.25) is 0 Å². The highest BCUT2D eigenvalue weighted by molar-refractivity contribution is 5.89. The van der Waals surface area contributed by atoms with Crippen LogP contribution in [0.2, 0.25) is 0 Å². The Kier molecular flexibility index (Phi) is 5.38. The molecule has 0 heterocycles. The SMILES string of the molecule is CC(C)COc1cccc(C(=O)OCc2ccccc2)c1. The summed E-state index contributed by atoms with van der Waals surface area (Å²) in [5, 5.41) is 0. The van der Waals surface area contributed by atoms with E-state index in [1.807, 2.05) is 36.4 Å². The van der Waals surface area contributed by atoms with Gasteiger partial charge in [0.05, 0.1) is 12.2 Å². The molecule has 0 atom stereocenters. The van der Waals surface area contributed by atoms with Crippen LogP contribution in [0.1, 0.15) is 29.8 Å². The first-order chi connectivity index (χ1) is 10.1. The second kappa shape index (κ2) is 7.48. The number of carbonyl (C=O) groups excluding carboxylic acids is 1. The molecule has 2 aromatic rings. The van der Waals surface area contributed by atoms with Crippen molar-refractivity contribution in [3.63, 3.8) is 0 Å². The monoisotopic (exact) mass is 284 g/mol. The molecular weight excluding hydrogens is 264 g/mol. The summed E-state index contributed by atoms with van der Waals surface area (Å²) in [6, 6.07) is 16.7.